The highest BCUT2D eigenvalue weighted by Crippen LogP contribution is 2.30. The van der Waals surface area contributed by atoms with E-state index >= 15 is 0 Å². The Kier molecular flexibility index (Phi) is 6.51. The highest BCUT2D eigenvalue weighted by molar-refractivity contribution is 14.1. The van der Waals surface area contributed by atoms with Crippen molar-refractivity contribution in [2.45, 2.75) is 13.2 Å². The normalized spacial score (nSPS) is 10.7. The van der Waals surface area contributed by atoms with E-state index in [1.54, 1.807) is 13.1 Å². The third-order valence-electron chi connectivity index (χ3n) is 3.37. The lowest BCUT2D eigenvalue weighted by Gasteiger charge is -2.19. The van der Waals surface area contributed by atoms with Gasteiger partial charge in [0.1, 0.15) is 5.82 Å². The molecule has 0 fully saturated rings. The van der Waals surface area contributed by atoms with Gasteiger partial charge in [0, 0.05) is 17.2 Å². The lowest BCUT2D eigenvalue weighted by molar-refractivity contribution is -0.0512. The van der Waals surface area contributed by atoms with Gasteiger partial charge in [-0.2, -0.15) is 8.78 Å². The van der Waals surface area contributed by atoms with Gasteiger partial charge in [-0.1, -0.05) is 6.07 Å². The van der Waals surface area contributed by atoms with Gasteiger partial charge in [0.2, 0.25) is 0 Å². The van der Waals surface area contributed by atoms with Crippen LogP contribution in [0.5, 0.6) is 11.5 Å². The number of halogens is 4. The summed E-state index contributed by atoms with van der Waals surface area (Å²) in [7, 11) is 2.94. The molecule has 134 valence electrons. The summed E-state index contributed by atoms with van der Waals surface area (Å²) in [6.07, 6.45) is 0. The Morgan fingerprint density at radius 1 is 1.20 bits per heavy atom. The van der Waals surface area contributed by atoms with Gasteiger partial charge in [-0.3, -0.25) is 4.79 Å². The van der Waals surface area contributed by atoms with Crippen molar-refractivity contribution in [1.29, 1.82) is 0 Å². The number of methoxy groups -OCH3 is 1. The molecule has 0 bridgehead atoms. The zero-order valence-electron chi connectivity index (χ0n) is 13.4. The molecule has 0 aliphatic heterocycles. The molecular weight excluding hydrogens is 450 g/mol. The molecule has 0 heterocycles. The first-order valence-corrected chi connectivity index (χ1v) is 8.22. The van der Waals surface area contributed by atoms with Gasteiger partial charge >= 0.3 is 6.61 Å². The SMILES string of the molecule is COc1cc(CN(C)C(=O)c2ccc(F)cc2I)ccc1OC(F)F. The maximum atomic E-state index is 13.2. The summed E-state index contributed by atoms with van der Waals surface area (Å²) in [5, 5.41) is 0. The van der Waals surface area contributed by atoms with Crippen LogP contribution in [0.4, 0.5) is 13.2 Å². The van der Waals surface area contributed by atoms with Gasteiger partial charge in [0.15, 0.2) is 11.5 Å². The standard InChI is InChI=1S/C17H15F3INO3/c1-22(16(23)12-5-4-11(18)8-13(12)21)9-10-3-6-14(25-17(19)20)15(7-10)24-2/h3-8,17H,9H2,1-2H3. The average Bonchev–Trinajstić information content (AvgIpc) is 2.55. The lowest BCUT2D eigenvalue weighted by Crippen LogP contribution is -2.27. The fourth-order valence-electron chi connectivity index (χ4n) is 2.22. The average molecular weight is 465 g/mol. The minimum Gasteiger partial charge on any atom is -0.493 e. The van der Waals surface area contributed by atoms with E-state index in [2.05, 4.69) is 4.74 Å². The number of amides is 1. The van der Waals surface area contributed by atoms with Crippen LogP contribution < -0.4 is 9.47 Å². The van der Waals surface area contributed by atoms with Crippen molar-refractivity contribution in [2.24, 2.45) is 0 Å². The van der Waals surface area contributed by atoms with Crippen molar-refractivity contribution in [2.75, 3.05) is 14.2 Å². The highest BCUT2D eigenvalue weighted by Gasteiger charge is 2.17. The zero-order chi connectivity index (χ0) is 18.6. The number of carbonyl (C=O) groups is 1. The van der Waals surface area contributed by atoms with Gasteiger partial charge in [-0.05, 0) is 58.5 Å². The molecule has 2 rings (SSSR count). The van der Waals surface area contributed by atoms with Crippen LogP contribution >= 0.6 is 22.6 Å². The van der Waals surface area contributed by atoms with E-state index in [1.165, 1.54) is 42.3 Å². The Hall–Kier alpha value is -1.97. The Morgan fingerprint density at radius 3 is 2.52 bits per heavy atom. The van der Waals surface area contributed by atoms with E-state index in [4.69, 9.17) is 4.74 Å². The first-order chi connectivity index (χ1) is 11.8. The minimum atomic E-state index is -2.95. The van der Waals surface area contributed by atoms with Crippen LogP contribution in [0.15, 0.2) is 36.4 Å². The van der Waals surface area contributed by atoms with Crippen molar-refractivity contribution >= 4 is 28.5 Å². The number of hydrogen-bond donors (Lipinski definition) is 0. The number of hydrogen-bond acceptors (Lipinski definition) is 3. The third kappa shape index (κ3) is 5.00. The van der Waals surface area contributed by atoms with Crippen molar-refractivity contribution in [1.82, 2.24) is 4.90 Å². The molecule has 4 nitrogen and oxygen atoms in total. The van der Waals surface area contributed by atoms with Gasteiger partial charge < -0.3 is 14.4 Å². The van der Waals surface area contributed by atoms with E-state index in [0.717, 1.165) is 0 Å². The first-order valence-electron chi connectivity index (χ1n) is 7.14. The summed E-state index contributed by atoms with van der Waals surface area (Å²) in [5.74, 6) is -0.627. The molecular formula is C17H15F3INO3. The van der Waals surface area contributed by atoms with Crippen LogP contribution in [-0.2, 0) is 6.54 Å². The molecule has 0 aliphatic rings. The van der Waals surface area contributed by atoms with Crippen LogP contribution in [0.2, 0.25) is 0 Å². The fraction of sp³-hybridized carbons (Fsp3) is 0.235. The van der Waals surface area contributed by atoms with E-state index < -0.39 is 12.4 Å². The molecule has 0 saturated heterocycles. The molecule has 25 heavy (non-hydrogen) atoms. The summed E-state index contributed by atoms with van der Waals surface area (Å²) in [4.78, 5) is 13.9. The van der Waals surface area contributed by atoms with E-state index in [0.29, 0.717) is 14.7 Å². The first kappa shape index (κ1) is 19.4. The summed E-state index contributed by atoms with van der Waals surface area (Å²) >= 11 is 1.90. The van der Waals surface area contributed by atoms with Crippen LogP contribution in [0.1, 0.15) is 15.9 Å². The molecule has 1 amide bonds. The Labute approximate surface area is 156 Å². The molecule has 2 aromatic rings. The van der Waals surface area contributed by atoms with Gasteiger partial charge in [0.05, 0.1) is 12.7 Å². The molecule has 0 saturated carbocycles. The Morgan fingerprint density at radius 2 is 1.92 bits per heavy atom. The molecule has 0 spiro atoms. The van der Waals surface area contributed by atoms with Crippen molar-refractivity contribution in [3.05, 3.63) is 56.9 Å². The summed E-state index contributed by atoms with van der Waals surface area (Å²) in [6, 6.07) is 8.39. The van der Waals surface area contributed by atoms with E-state index in [1.807, 2.05) is 22.6 Å². The fourth-order valence-corrected chi connectivity index (χ4v) is 2.93. The highest BCUT2D eigenvalue weighted by atomic mass is 127. The molecule has 8 heteroatoms. The number of alkyl halides is 2. The number of benzene rings is 2. The minimum absolute atomic E-state index is 0.0803. The number of ether oxygens (including phenoxy) is 2. The molecule has 0 aliphatic carbocycles. The molecule has 0 unspecified atom stereocenters. The van der Waals surface area contributed by atoms with Crippen LogP contribution in [0, 0.1) is 9.39 Å². The van der Waals surface area contributed by atoms with E-state index in [9.17, 15) is 18.0 Å². The largest absolute Gasteiger partial charge is 0.493 e. The molecule has 0 aromatic heterocycles. The zero-order valence-corrected chi connectivity index (χ0v) is 15.6. The Balaban J connectivity index is 2.16. The maximum Gasteiger partial charge on any atom is 0.387 e. The molecule has 2 aromatic carbocycles. The smallest absolute Gasteiger partial charge is 0.387 e. The molecule has 0 N–H and O–H groups in total. The van der Waals surface area contributed by atoms with E-state index in [-0.39, 0.29) is 24.0 Å². The summed E-state index contributed by atoms with van der Waals surface area (Å²) < 4.78 is 47.8. The second-order valence-corrected chi connectivity index (χ2v) is 6.31. The third-order valence-corrected chi connectivity index (χ3v) is 4.26. The predicted molar refractivity (Wildman–Crippen MR) is 94.5 cm³/mol. The monoisotopic (exact) mass is 465 g/mol. The maximum absolute atomic E-state index is 13.2. The number of rotatable bonds is 6. The predicted octanol–water partition coefficient (Wildman–Crippen LogP) is 4.31. The molecule has 0 atom stereocenters. The Bertz CT molecular complexity index is 771. The molecule has 0 radical (unpaired) electrons. The van der Waals surface area contributed by atoms with Gasteiger partial charge in [-0.25, -0.2) is 4.39 Å². The summed E-state index contributed by atoms with van der Waals surface area (Å²) in [5.41, 5.74) is 1.06. The van der Waals surface area contributed by atoms with Crippen molar-refractivity contribution in [3.8, 4) is 11.5 Å². The topological polar surface area (TPSA) is 38.8 Å². The number of nitrogens with zero attached hydrogens (tertiary/aromatic N) is 1. The number of carbonyl (C=O) groups excluding carboxylic acids is 1. The van der Waals surface area contributed by atoms with Gasteiger partial charge in [0.25, 0.3) is 5.91 Å². The van der Waals surface area contributed by atoms with Crippen molar-refractivity contribution in [3.63, 3.8) is 0 Å². The second-order valence-electron chi connectivity index (χ2n) is 5.15. The van der Waals surface area contributed by atoms with Crippen LogP contribution in [0.3, 0.4) is 0 Å². The second kappa shape index (κ2) is 8.41. The van der Waals surface area contributed by atoms with Crippen LogP contribution in [-0.4, -0.2) is 31.6 Å². The quantitative estimate of drug-likeness (QED) is 0.597. The summed E-state index contributed by atoms with van der Waals surface area (Å²) in [6.45, 7) is -2.73. The van der Waals surface area contributed by atoms with Crippen molar-refractivity contribution < 1.29 is 27.4 Å². The van der Waals surface area contributed by atoms with Gasteiger partial charge in [-0.15, -0.1) is 0 Å². The van der Waals surface area contributed by atoms with Crippen LogP contribution in [0.25, 0.3) is 0 Å². The lowest BCUT2D eigenvalue weighted by atomic mass is 10.1.